The molecule has 2 aromatic rings. The van der Waals surface area contributed by atoms with Crippen LogP contribution in [0.4, 0.5) is 0 Å². The fraction of sp³-hybridized carbons (Fsp3) is 0.294. The van der Waals surface area contributed by atoms with Gasteiger partial charge in [-0.3, -0.25) is 9.59 Å². The van der Waals surface area contributed by atoms with E-state index >= 15 is 0 Å². The largest absolute Gasteiger partial charge is 0.469 e. The van der Waals surface area contributed by atoms with Crippen molar-refractivity contribution in [2.75, 3.05) is 14.2 Å². The summed E-state index contributed by atoms with van der Waals surface area (Å²) in [5.74, 6) is -1.47. The van der Waals surface area contributed by atoms with Crippen molar-refractivity contribution in [3.63, 3.8) is 0 Å². The number of carbonyl (C=O) groups excluding carboxylic acids is 3. The number of rotatable bonds is 7. The Labute approximate surface area is 144 Å². The first kappa shape index (κ1) is 18.2. The van der Waals surface area contributed by atoms with Gasteiger partial charge in [0.2, 0.25) is 5.89 Å². The van der Waals surface area contributed by atoms with Gasteiger partial charge in [-0.1, -0.05) is 18.2 Å². The van der Waals surface area contributed by atoms with E-state index in [-0.39, 0.29) is 24.4 Å². The first-order chi connectivity index (χ1) is 12.0. The number of benzene rings is 1. The molecule has 8 nitrogen and oxygen atoms in total. The van der Waals surface area contributed by atoms with Crippen LogP contribution in [0, 0.1) is 0 Å². The summed E-state index contributed by atoms with van der Waals surface area (Å²) in [5, 5.41) is 2.48. The third kappa shape index (κ3) is 4.90. The number of aromatic nitrogens is 1. The van der Waals surface area contributed by atoms with E-state index in [0.717, 1.165) is 5.56 Å². The molecule has 0 aliphatic heterocycles. The lowest BCUT2D eigenvalue weighted by atomic mass is 10.1. The number of nitrogens with zero attached hydrogens (tertiary/aromatic N) is 1. The predicted molar refractivity (Wildman–Crippen MR) is 86.5 cm³/mol. The number of hydrogen-bond acceptors (Lipinski definition) is 7. The van der Waals surface area contributed by atoms with Crippen LogP contribution in [0.25, 0.3) is 11.5 Å². The summed E-state index contributed by atoms with van der Waals surface area (Å²) in [6.07, 6.45) is 1.21. The average Bonchev–Trinajstić information content (AvgIpc) is 3.15. The summed E-state index contributed by atoms with van der Waals surface area (Å²) in [6.45, 7) is 0. The summed E-state index contributed by atoms with van der Waals surface area (Å²) in [7, 11) is 2.44. The molecular formula is C17H18N2O6. The van der Waals surface area contributed by atoms with Gasteiger partial charge in [0, 0.05) is 12.0 Å². The third-order valence-corrected chi connectivity index (χ3v) is 3.41. The zero-order valence-electron chi connectivity index (χ0n) is 13.9. The zero-order valence-corrected chi connectivity index (χ0v) is 13.9. The smallest absolute Gasteiger partial charge is 0.328 e. The second kappa shape index (κ2) is 8.62. The van der Waals surface area contributed by atoms with Crippen LogP contribution in [0.15, 0.2) is 41.0 Å². The lowest BCUT2D eigenvalue weighted by molar-refractivity contribution is -0.144. The predicted octanol–water partition coefficient (Wildman–Crippen LogP) is 1.57. The van der Waals surface area contributed by atoms with Crippen molar-refractivity contribution >= 4 is 17.8 Å². The SMILES string of the molecule is COC(=O)CCC(NC(=O)c1coc(-c2ccccc2)n1)C(=O)OC. The van der Waals surface area contributed by atoms with E-state index in [2.05, 4.69) is 19.8 Å². The van der Waals surface area contributed by atoms with Crippen LogP contribution in [0.5, 0.6) is 0 Å². The lowest BCUT2D eigenvalue weighted by Gasteiger charge is -2.14. The second-order valence-corrected chi connectivity index (χ2v) is 5.07. The van der Waals surface area contributed by atoms with Gasteiger partial charge in [-0.05, 0) is 18.6 Å². The Bertz CT molecular complexity index is 741. The summed E-state index contributed by atoms with van der Waals surface area (Å²) in [5.41, 5.74) is 0.739. The minimum Gasteiger partial charge on any atom is -0.469 e. The summed E-state index contributed by atoms with van der Waals surface area (Å²) in [4.78, 5) is 39.4. The number of nitrogens with one attached hydrogen (secondary N) is 1. The average molecular weight is 346 g/mol. The Balaban J connectivity index is 2.06. The van der Waals surface area contributed by atoms with E-state index in [1.807, 2.05) is 18.2 Å². The maximum absolute atomic E-state index is 12.3. The molecule has 0 saturated carbocycles. The highest BCUT2D eigenvalue weighted by Gasteiger charge is 2.24. The van der Waals surface area contributed by atoms with Gasteiger partial charge in [-0.15, -0.1) is 0 Å². The van der Waals surface area contributed by atoms with Crippen LogP contribution in [0.2, 0.25) is 0 Å². The Morgan fingerprint density at radius 1 is 1.16 bits per heavy atom. The third-order valence-electron chi connectivity index (χ3n) is 3.41. The highest BCUT2D eigenvalue weighted by Crippen LogP contribution is 2.18. The van der Waals surface area contributed by atoms with Crippen molar-refractivity contribution in [1.82, 2.24) is 10.3 Å². The molecule has 0 fully saturated rings. The van der Waals surface area contributed by atoms with Gasteiger partial charge in [0.1, 0.15) is 12.3 Å². The van der Waals surface area contributed by atoms with Crippen LogP contribution in [0.1, 0.15) is 23.3 Å². The fourth-order valence-electron chi connectivity index (χ4n) is 2.08. The quantitative estimate of drug-likeness (QED) is 0.758. The fourth-order valence-corrected chi connectivity index (χ4v) is 2.08. The molecule has 8 heteroatoms. The molecule has 1 N–H and O–H groups in total. The van der Waals surface area contributed by atoms with Gasteiger partial charge in [0.25, 0.3) is 5.91 Å². The summed E-state index contributed by atoms with van der Waals surface area (Å²) in [6, 6.07) is 8.08. The van der Waals surface area contributed by atoms with Crippen LogP contribution in [-0.4, -0.2) is 43.1 Å². The molecule has 132 valence electrons. The van der Waals surface area contributed by atoms with Crippen molar-refractivity contribution in [2.45, 2.75) is 18.9 Å². The lowest BCUT2D eigenvalue weighted by Crippen LogP contribution is -2.42. The van der Waals surface area contributed by atoms with Crippen molar-refractivity contribution in [3.05, 3.63) is 42.3 Å². The standard InChI is InChI=1S/C17H18N2O6/c1-23-14(20)9-8-12(17(22)24-2)18-15(21)13-10-25-16(19-13)11-6-4-3-5-7-11/h3-7,10,12H,8-9H2,1-2H3,(H,18,21). The monoisotopic (exact) mass is 346 g/mol. The first-order valence-electron chi connectivity index (χ1n) is 7.51. The summed E-state index contributed by atoms with van der Waals surface area (Å²) < 4.78 is 14.5. The maximum Gasteiger partial charge on any atom is 0.328 e. The molecule has 25 heavy (non-hydrogen) atoms. The van der Waals surface area contributed by atoms with Crippen molar-refractivity contribution < 1.29 is 28.3 Å². The number of esters is 2. The molecule has 1 aromatic carbocycles. The van der Waals surface area contributed by atoms with E-state index in [1.54, 1.807) is 12.1 Å². The van der Waals surface area contributed by atoms with Gasteiger partial charge in [-0.2, -0.15) is 0 Å². The van der Waals surface area contributed by atoms with Gasteiger partial charge in [-0.25, -0.2) is 9.78 Å². The number of oxazole rings is 1. The number of methoxy groups -OCH3 is 2. The molecule has 0 radical (unpaired) electrons. The molecule has 0 aliphatic rings. The minimum atomic E-state index is -0.992. The molecule has 0 aliphatic carbocycles. The Morgan fingerprint density at radius 2 is 1.88 bits per heavy atom. The van der Waals surface area contributed by atoms with Crippen molar-refractivity contribution in [1.29, 1.82) is 0 Å². The molecule has 1 unspecified atom stereocenters. The minimum absolute atomic E-state index is 0.0193. The van der Waals surface area contributed by atoms with Crippen LogP contribution in [0.3, 0.4) is 0 Å². The Kier molecular flexibility index (Phi) is 6.27. The molecule has 1 atom stereocenters. The normalized spacial score (nSPS) is 11.4. The van der Waals surface area contributed by atoms with Crippen LogP contribution >= 0.6 is 0 Å². The highest BCUT2D eigenvalue weighted by molar-refractivity contribution is 5.95. The van der Waals surface area contributed by atoms with E-state index < -0.39 is 23.9 Å². The number of hydrogen-bond donors (Lipinski definition) is 1. The highest BCUT2D eigenvalue weighted by atomic mass is 16.5. The van der Waals surface area contributed by atoms with Gasteiger partial charge in [0.05, 0.1) is 14.2 Å². The Hall–Kier alpha value is -3.16. The van der Waals surface area contributed by atoms with Gasteiger partial charge >= 0.3 is 11.9 Å². The second-order valence-electron chi connectivity index (χ2n) is 5.07. The molecular weight excluding hydrogens is 328 g/mol. The topological polar surface area (TPSA) is 108 Å². The zero-order chi connectivity index (χ0) is 18.2. The first-order valence-corrected chi connectivity index (χ1v) is 7.51. The number of ether oxygens (including phenoxy) is 2. The van der Waals surface area contributed by atoms with E-state index in [4.69, 9.17) is 4.42 Å². The van der Waals surface area contributed by atoms with Gasteiger partial charge in [0.15, 0.2) is 5.69 Å². The molecule has 1 aromatic heterocycles. The van der Waals surface area contributed by atoms with Crippen LogP contribution < -0.4 is 5.32 Å². The van der Waals surface area contributed by atoms with Crippen molar-refractivity contribution in [2.24, 2.45) is 0 Å². The number of carbonyl (C=O) groups is 3. The molecule has 0 spiro atoms. The number of amides is 1. The molecule has 0 bridgehead atoms. The van der Waals surface area contributed by atoms with Gasteiger partial charge < -0.3 is 19.2 Å². The maximum atomic E-state index is 12.3. The molecule has 2 rings (SSSR count). The van der Waals surface area contributed by atoms with Crippen molar-refractivity contribution in [3.8, 4) is 11.5 Å². The van der Waals surface area contributed by atoms with E-state index in [1.165, 1.54) is 20.5 Å². The summed E-state index contributed by atoms with van der Waals surface area (Å²) >= 11 is 0. The van der Waals surface area contributed by atoms with E-state index in [0.29, 0.717) is 0 Å². The Morgan fingerprint density at radius 3 is 2.52 bits per heavy atom. The molecule has 0 saturated heterocycles. The van der Waals surface area contributed by atoms with E-state index in [9.17, 15) is 14.4 Å². The molecule has 1 amide bonds. The van der Waals surface area contributed by atoms with Crippen LogP contribution in [-0.2, 0) is 19.1 Å². The molecule has 1 heterocycles.